The Morgan fingerprint density at radius 3 is 2.50 bits per heavy atom. The smallest absolute Gasteiger partial charge is 0.252 e. The number of carbonyl (C=O) groups excluding carboxylic acids is 1. The molecule has 4 heteroatoms. The molecule has 0 unspecified atom stereocenters. The zero-order valence-corrected chi connectivity index (χ0v) is 15.1. The highest BCUT2D eigenvalue weighted by molar-refractivity contribution is 7.16. The lowest BCUT2D eigenvalue weighted by atomic mass is 10.0. The number of fused-ring (bicyclic) bond motifs is 1. The summed E-state index contributed by atoms with van der Waals surface area (Å²) in [7, 11) is 0. The standard InChI is InChI=1S/C20H22N2OS/c1-4-22-17-7-5-6-8-18(17)24-20(22)21-19(23)13-15-9-11-16(12-10-15)14(2)3/h5-12,14H,4,13H2,1-3H3. The first kappa shape index (κ1) is 16.7. The van der Waals surface area contributed by atoms with Gasteiger partial charge in [0.15, 0.2) is 4.80 Å². The molecule has 0 bridgehead atoms. The fraction of sp³-hybridized carbons (Fsp3) is 0.300. The highest BCUT2D eigenvalue weighted by atomic mass is 32.1. The molecular weight excluding hydrogens is 316 g/mol. The van der Waals surface area contributed by atoms with Crippen LogP contribution in [0, 0.1) is 0 Å². The maximum atomic E-state index is 12.4. The Balaban J connectivity index is 1.87. The SMILES string of the molecule is CCn1c(=NC(=O)Cc2ccc(C(C)C)cc2)sc2ccccc21. The minimum absolute atomic E-state index is 0.0962. The van der Waals surface area contributed by atoms with Crippen LogP contribution in [-0.2, 0) is 17.8 Å². The van der Waals surface area contributed by atoms with Crippen LogP contribution in [0.1, 0.15) is 37.8 Å². The molecule has 0 spiro atoms. The Kier molecular flexibility index (Phi) is 4.95. The highest BCUT2D eigenvalue weighted by Gasteiger charge is 2.07. The number of aromatic nitrogens is 1. The Bertz CT molecular complexity index is 917. The molecule has 3 rings (SSSR count). The normalized spacial score (nSPS) is 12.2. The third-order valence-corrected chi connectivity index (χ3v) is 5.19. The first-order chi connectivity index (χ1) is 11.6. The van der Waals surface area contributed by atoms with Crippen LogP contribution in [0.25, 0.3) is 10.2 Å². The molecule has 1 heterocycles. The molecule has 0 saturated carbocycles. The van der Waals surface area contributed by atoms with E-state index >= 15 is 0 Å². The van der Waals surface area contributed by atoms with E-state index in [9.17, 15) is 4.79 Å². The van der Waals surface area contributed by atoms with Crippen molar-refractivity contribution in [3.63, 3.8) is 0 Å². The van der Waals surface area contributed by atoms with Crippen molar-refractivity contribution in [1.29, 1.82) is 0 Å². The molecule has 2 aromatic carbocycles. The van der Waals surface area contributed by atoms with Gasteiger partial charge in [-0.15, -0.1) is 0 Å². The zero-order chi connectivity index (χ0) is 17.1. The second kappa shape index (κ2) is 7.14. The first-order valence-electron chi connectivity index (χ1n) is 8.33. The number of amides is 1. The molecule has 24 heavy (non-hydrogen) atoms. The fourth-order valence-electron chi connectivity index (χ4n) is 2.75. The second-order valence-corrected chi connectivity index (χ2v) is 7.18. The Morgan fingerprint density at radius 2 is 1.83 bits per heavy atom. The lowest BCUT2D eigenvalue weighted by molar-refractivity contribution is -0.117. The van der Waals surface area contributed by atoms with Crippen molar-refractivity contribution in [2.75, 3.05) is 0 Å². The van der Waals surface area contributed by atoms with Crippen LogP contribution in [0.3, 0.4) is 0 Å². The van der Waals surface area contributed by atoms with E-state index in [1.807, 2.05) is 24.3 Å². The summed E-state index contributed by atoms with van der Waals surface area (Å²) in [6.07, 6.45) is 0.344. The maximum Gasteiger partial charge on any atom is 0.252 e. The van der Waals surface area contributed by atoms with E-state index in [1.54, 1.807) is 11.3 Å². The van der Waals surface area contributed by atoms with Crippen LogP contribution >= 0.6 is 11.3 Å². The number of nitrogens with zero attached hydrogens (tertiary/aromatic N) is 2. The molecule has 124 valence electrons. The topological polar surface area (TPSA) is 34.4 Å². The molecule has 1 aromatic heterocycles. The molecule has 3 nitrogen and oxygen atoms in total. The Morgan fingerprint density at radius 1 is 1.12 bits per heavy atom. The molecule has 0 N–H and O–H groups in total. The summed E-state index contributed by atoms with van der Waals surface area (Å²) in [4.78, 5) is 17.5. The van der Waals surface area contributed by atoms with Crippen LogP contribution in [0.2, 0.25) is 0 Å². The molecule has 3 aromatic rings. The number of para-hydroxylation sites is 1. The molecule has 1 amide bonds. The summed E-state index contributed by atoms with van der Waals surface area (Å²) in [5.74, 6) is 0.405. The average molecular weight is 338 g/mol. The number of benzene rings is 2. The molecule has 0 aliphatic heterocycles. The van der Waals surface area contributed by atoms with E-state index in [2.05, 4.69) is 54.6 Å². The highest BCUT2D eigenvalue weighted by Crippen LogP contribution is 2.17. The van der Waals surface area contributed by atoms with E-state index in [0.717, 1.165) is 27.1 Å². The molecule has 0 saturated heterocycles. The quantitative estimate of drug-likeness (QED) is 0.689. The minimum atomic E-state index is -0.0962. The van der Waals surface area contributed by atoms with Crippen LogP contribution in [0.5, 0.6) is 0 Å². The number of rotatable bonds is 4. The van der Waals surface area contributed by atoms with Gasteiger partial charge in [0.1, 0.15) is 0 Å². The van der Waals surface area contributed by atoms with Gasteiger partial charge in [-0.05, 0) is 36.1 Å². The summed E-state index contributed by atoms with van der Waals surface area (Å²) in [6, 6.07) is 16.4. The first-order valence-corrected chi connectivity index (χ1v) is 9.15. The number of thiazole rings is 1. The van der Waals surface area contributed by atoms with E-state index in [1.165, 1.54) is 5.56 Å². The zero-order valence-electron chi connectivity index (χ0n) is 14.3. The third-order valence-electron chi connectivity index (χ3n) is 4.13. The number of aryl methyl sites for hydroxylation is 1. The molecule has 0 aliphatic carbocycles. The van der Waals surface area contributed by atoms with Gasteiger partial charge in [0.05, 0.1) is 16.6 Å². The van der Waals surface area contributed by atoms with Crippen molar-refractivity contribution >= 4 is 27.5 Å². The predicted octanol–water partition coefficient (Wildman–Crippen LogP) is 4.52. The van der Waals surface area contributed by atoms with Crippen LogP contribution in [0.15, 0.2) is 53.5 Å². The van der Waals surface area contributed by atoms with Gasteiger partial charge in [0.2, 0.25) is 0 Å². The lowest BCUT2D eigenvalue weighted by Gasteiger charge is -2.05. The van der Waals surface area contributed by atoms with Crippen molar-refractivity contribution in [3.8, 4) is 0 Å². The van der Waals surface area contributed by atoms with E-state index in [-0.39, 0.29) is 5.91 Å². The van der Waals surface area contributed by atoms with Gasteiger partial charge in [-0.2, -0.15) is 4.99 Å². The van der Waals surface area contributed by atoms with E-state index < -0.39 is 0 Å². The van der Waals surface area contributed by atoms with Gasteiger partial charge in [-0.25, -0.2) is 0 Å². The van der Waals surface area contributed by atoms with Gasteiger partial charge in [0, 0.05) is 6.54 Å². The van der Waals surface area contributed by atoms with Gasteiger partial charge < -0.3 is 4.57 Å². The minimum Gasteiger partial charge on any atom is -0.317 e. The summed E-state index contributed by atoms with van der Waals surface area (Å²) in [5.41, 5.74) is 3.44. The van der Waals surface area contributed by atoms with Gasteiger partial charge in [-0.3, -0.25) is 4.79 Å². The van der Waals surface area contributed by atoms with Crippen LogP contribution in [-0.4, -0.2) is 10.5 Å². The number of carbonyl (C=O) groups is 1. The van der Waals surface area contributed by atoms with Crippen LogP contribution < -0.4 is 4.80 Å². The molecule has 0 atom stereocenters. The maximum absolute atomic E-state index is 12.4. The molecular formula is C20H22N2OS. The fourth-order valence-corrected chi connectivity index (χ4v) is 3.86. The van der Waals surface area contributed by atoms with Crippen molar-refractivity contribution in [1.82, 2.24) is 4.57 Å². The van der Waals surface area contributed by atoms with E-state index in [4.69, 9.17) is 0 Å². The van der Waals surface area contributed by atoms with Gasteiger partial charge in [0.25, 0.3) is 5.91 Å². The van der Waals surface area contributed by atoms with Crippen molar-refractivity contribution < 1.29 is 4.79 Å². The Hall–Kier alpha value is -2.20. The Labute approximate surface area is 146 Å². The largest absolute Gasteiger partial charge is 0.317 e. The average Bonchev–Trinajstić information content (AvgIpc) is 2.92. The predicted molar refractivity (Wildman–Crippen MR) is 100 cm³/mol. The van der Waals surface area contributed by atoms with Gasteiger partial charge >= 0.3 is 0 Å². The number of hydrogen-bond acceptors (Lipinski definition) is 2. The summed E-state index contributed by atoms with van der Waals surface area (Å²) >= 11 is 1.57. The third kappa shape index (κ3) is 3.49. The van der Waals surface area contributed by atoms with Gasteiger partial charge in [-0.1, -0.05) is 61.6 Å². The molecule has 0 aliphatic rings. The monoisotopic (exact) mass is 338 g/mol. The second-order valence-electron chi connectivity index (χ2n) is 6.18. The summed E-state index contributed by atoms with van der Waals surface area (Å²) in [5, 5.41) is 0. The number of hydrogen-bond donors (Lipinski definition) is 0. The summed E-state index contributed by atoms with van der Waals surface area (Å²) in [6.45, 7) is 7.22. The van der Waals surface area contributed by atoms with Crippen molar-refractivity contribution in [3.05, 3.63) is 64.5 Å². The summed E-state index contributed by atoms with van der Waals surface area (Å²) < 4.78 is 3.26. The van der Waals surface area contributed by atoms with Crippen LogP contribution in [0.4, 0.5) is 0 Å². The van der Waals surface area contributed by atoms with Crippen molar-refractivity contribution in [2.45, 2.75) is 39.7 Å². The molecule has 0 radical (unpaired) electrons. The molecule has 0 fully saturated rings. The lowest BCUT2D eigenvalue weighted by Crippen LogP contribution is -2.16. The van der Waals surface area contributed by atoms with E-state index in [0.29, 0.717) is 12.3 Å². The van der Waals surface area contributed by atoms with Crippen molar-refractivity contribution in [2.24, 2.45) is 4.99 Å².